The third-order valence-electron chi connectivity index (χ3n) is 3.03. The maximum Gasteiger partial charge on any atom is 0.126 e. The first-order valence-electron chi connectivity index (χ1n) is 5.11. The summed E-state index contributed by atoms with van der Waals surface area (Å²) in [5.74, 6) is -0.238. The molecule has 1 aromatic carbocycles. The Bertz CT molecular complexity index is 327. The predicted octanol–water partition coefficient (Wildman–Crippen LogP) is 1.71. The first-order chi connectivity index (χ1) is 6.99. The molecule has 0 fully saturated rings. The minimum absolute atomic E-state index is 0.238. The van der Waals surface area contributed by atoms with Crippen molar-refractivity contribution in [1.29, 1.82) is 0 Å². The molecule has 3 heteroatoms. The molecule has 0 heterocycles. The highest BCUT2D eigenvalue weighted by Gasteiger charge is 2.29. The van der Waals surface area contributed by atoms with Gasteiger partial charge in [-0.1, -0.05) is 25.1 Å². The number of nitrogens with two attached hydrogens (primary N) is 1. The Morgan fingerprint density at radius 1 is 1.47 bits per heavy atom. The Hall–Kier alpha value is -0.930. The largest absolute Gasteiger partial charge is 0.393 e. The molecule has 0 radical (unpaired) electrons. The van der Waals surface area contributed by atoms with Gasteiger partial charge in [0.2, 0.25) is 0 Å². The molecule has 2 unspecified atom stereocenters. The van der Waals surface area contributed by atoms with E-state index in [1.165, 1.54) is 6.07 Å². The van der Waals surface area contributed by atoms with Gasteiger partial charge in [-0.25, -0.2) is 4.39 Å². The van der Waals surface area contributed by atoms with Crippen LogP contribution < -0.4 is 5.73 Å². The van der Waals surface area contributed by atoms with Crippen molar-refractivity contribution in [1.82, 2.24) is 0 Å². The van der Waals surface area contributed by atoms with E-state index in [1.807, 2.05) is 6.92 Å². The van der Waals surface area contributed by atoms with Crippen LogP contribution in [0.3, 0.4) is 0 Å². The zero-order valence-corrected chi connectivity index (χ0v) is 9.20. The number of rotatable bonds is 4. The Balaban J connectivity index is 2.89. The van der Waals surface area contributed by atoms with Gasteiger partial charge in [0.1, 0.15) is 5.82 Å². The van der Waals surface area contributed by atoms with Crippen molar-refractivity contribution >= 4 is 0 Å². The monoisotopic (exact) mass is 211 g/mol. The second-order valence-corrected chi connectivity index (χ2v) is 4.30. The molecule has 3 N–H and O–H groups in total. The van der Waals surface area contributed by atoms with Crippen LogP contribution in [0.2, 0.25) is 0 Å². The Labute approximate surface area is 89.9 Å². The summed E-state index contributed by atoms with van der Waals surface area (Å²) in [5.41, 5.74) is 5.76. The second kappa shape index (κ2) is 4.73. The number of aliphatic hydroxyl groups is 1. The van der Waals surface area contributed by atoms with E-state index in [0.717, 1.165) is 0 Å². The first-order valence-corrected chi connectivity index (χ1v) is 5.11. The van der Waals surface area contributed by atoms with E-state index >= 15 is 0 Å². The van der Waals surface area contributed by atoms with Crippen molar-refractivity contribution in [3.05, 3.63) is 35.6 Å². The highest BCUT2D eigenvalue weighted by Crippen LogP contribution is 2.26. The zero-order valence-electron chi connectivity index (χ0n) is 9.20. The molecule has 0 spiro atoms. The van der Waals surface area contributed by atoms with Gasteiger partial charge in [-0.3, -0.25) is 0 Å². The first kappa shape index (κ1) is 12.1. The molecule has 1 aromatic rings. The molecule has 2 atom stereocenters. The van der Waals surface area contributed by atoms with Crippen molar-refractivity contribution in [3.8, 4) is 0 Å². The summed E-state index contributed by atoms with van der Waals surface area (Å²) in [7, 11) is 0. The molecular weight excluding hydrogens is 193 g/mol. The van der Waals surface area contributed by atoms with Crippen LogP contribution in [0.4, 0.5) is 4.39 Å². The average Bonchev–Trinajstić information content (AvgIpc) is 2.21. The van der Waals surface area contributed by atoms with Gasteiger partial charge in [0.05, 0.1) is 6.10 Å². The van der Waals surface area contributed by atoms with Crippen LogP contribution in [0.5, 0.6) is 0 Å². The molecule has 0 aliphatic heterocycles. The minimum atomic E-state index is -0.554. The Morgan fingerprint density at radius 3 is 2.53 bits per heavy atom. The summed E-state index contributed by atoms with van der Waals surface area (Å²) < 4.78 is 13.4. The SMILES string of the molecule is CC(O)C(C)(CN)Cc1ccccc1F. The highest BCUT2D eigenvalue weighted by atomic mass is 19.1. The van der Waals surface area contributed by atoms with Gasteiger partial charge in [0, 0.05) is 12.0 Å². The third-order valence-corrected chi connectivity index (χ3v) is 3.03. The van der Waals surface area contributed by atoms with Crippen molar-refractivity contribution in [2.75, 3.05) is 6.54 Å². The van der Waals surface area contributed by atoms with Gasteiger partial charge in [-0.15, -0.1) is 0 Å². The molecule has 15 heavy (non-hydrogen) atoms. The number of benzene rings is 1. The van der Waals surface area contributed by atoms with Crippen molar-refractivity contribution in [2.24, 2.45) is 11.1 Å². The van der Waals surface area contributed by atoms with Crippen molar-refractivity contribution < 1.29 is 9.50 Å². The molecule has 1 rings (SSSR count). The maximum absolute atomic E-state index is 13.4. The zero-order chi connectivity index (χ0) is 11.5. The molecule has 0 aromatic heterocycles. The van der Waals surface area contributed by atoms with E-state index in [2.05, 4.69) is 0 Å². The summed E-state index contributed by atoms with van der Waals surface area (Å²) in [6.45, 7) is 3.89. The van der Waals surface area contributed by atoms with E-state index in [4.69, 9.17) is 5.73 Å². The molecule has 0 saturated heterocycles. The Morgan fingerprint density at radius 2 is 2.07 bits per heavy atom. The van der Waals surface area contributed by atoms with E-state index in [0.29, 0.717) is 18.5 Å². The molecule has 0 aliphatic rings. The van der Waals surface area contributed by atoms with Crippen LogP contribution in [0.15, 0.2) is 24.3 Å². The van der Waals surface area contributed by atoms with Crippen LogP contribution in [-0.2, 0) is 6.42 Å². The number of hydrogen-bond donors (Lipinski definition) is 2. The molecule has 0 saturated carbocycles. The van der Waals surface area contributed by atoms with E-state index in [9.17, 15) is 9.50 Å². The minimum Gasteiger partial charge on any atom is -0.393 e. The Kier molecular flexibility index (Phi) is 3.83. The topological polar surface area (TPSA) is 46.2 Å². The maximum atomic E-state index is 13.4. The fourth-order valence-electron chi connectivity index (χ4n) is 1.47. The molecule has 2 nitrogen and oxygen atoms in total. The summed E-state index contributed by atoms with van der Waals surface area (Å²) >= 11 is 0. The van der Waals surface area contributed by atoms with Crippen LogP contribution in [0.1, 0.15) is 19.4 Å². The number of hydrogen-bond acceptors (Lipinski definition) is 2. The highest BCUT2D eigenvalue weighted by molar-refractivity contribution is 5.19. The fraction of sp³-hybridized carbons (Fsp3) is 0.500. The van der Waals surface area contributed by atoms with Crippen LogP contribution in [-0.4, -0.2) is 17.8 Å². The van der Waals surface area contributed by atoms with Crippen LogP contribution in [0.25, 0.3) is 0 Å². The molecule has 0 aliphatic carbocycles. The quantitative estimate of drug-likeness (QED) is 0.796. The summed E-state index contributed by atoms with van der Waals surface area (Å²) in [6, 6.07) is 6.60. The molecular formula is C12H18FNO. The lowest BCUT2D eigenvalue weighted by Gasteiger charge is -2.31. The third kappa shape index (κ3) is 2.76. The summed E-state index contributed by atoms with van der Waals surface area (Å²) in [5, 5.41) is 9.62. The van der Waals surface area contributed by atoms with Crippen LogP contribution >= 0.6 is 0 Å². The second-order valence-electron chi connectivity index (χ2n) is 4.30. The lowest BCUT2D eigenvalue weighted by atomic mass is 9.79. The normalized spacial score (nSPS) is 17.1. The van der Waals surface area contributed by atoms with Gasteiger partial charge >= 0.3 is 0 Å². The molecule has 84 valence electrons. The van der Waals surface area contributed by atoms with Crippen molar-refractivity contribution in [2.45, 2.75) is 26.4 Å². The van der Waals surface area contributed by atoms with Gasteiger partial charge in [-0.2, -0.15) is 0 Å². The van der Waals surface area contributed by atoms with E-state index < -0.39 is 11.5 Å². The van der Waals surface area contributed by atoms with Gasteiger partial charge < -0.3 is 10.8 Å². The molecule has 0 bridgehead atoms. The predicted molar refractivity (Wildman–Crippen MR) is 58.9 cm³/mol. The summed E-state index contributed by atoms with van der Waals surface area (Å²) in [4.78, 5) is 0. The average molecular weight is 211 g/mol. The number of aliphatic hydroxyl groups excluding tert-OH is 1. The van der Waals surface area contributed by atoms with Gasteiger partial charge in [0.15, 0.2) is 0 Å². The van der Waals surface area contributed by atoms with E-state index in [1.54, 1.807) is 25.1 Å². The smallest absolute Gasteiger partial charge is 0.126 e. The van der Waals surface area contributed by atoms with Gasteiger partial charge in [-0.05, 0) is 25.0 Å². The number of halogens is 1. The molecule has 0 amide bonds. The summed E-state index contributed by atoms with van der Waals surface area (Å²) in [6.07, 6.45) is -0.101. The fourth-order valence-corrected chi connectivity index (χ4v) is 1.47. The lowest BCUT2D eigenvalue weighted by Crippen LogP contribution is -2.39. The van der Waals surface area contributed by atoms with E-state index in [-0.39, 0.29) is 5.82 Å². The van der Waals surface area contributed by atoms with Crippen LogP contribution in [0, 0.1) is 11.2 Å². The standard InChI is InChI=1S/C12H18FNO/c1-9(15)12(2,8-14)7-10-5-3-4-6-11(10)13/h3-6,9,15H,7-8,14H2,1-2H3. The van der Waals surface area contributed by atoms with Crippen molar-refractivity contribution in [3.63, 3.8) is 0 Å². The lowest BCUT2D eigenvalue weighted by molar-refractivity contribution is 0.0583. The van der Waals surface area contributed by atoms with Gasteiger partial charge in [0.25, 0.3) is 0 Å².